The van der Waals surface area contributed by atoms with Crippen LogP contribution in [-0.4, -0.2) is 19.1 Å². The van der Waals surface area contributed by atoms with E-state index < -0.39 is 0 Å². The molecule has 2 N–H and O–H groups in total. The minimum absolute atomic E-state index is 0.0831. The molecule has 1 aliphatic rings. The summed E-state index contributed by atoms with van der Waals surface area (Å²) in [4.78, 5) is 11.5. The summed E-state index contributed by atoms with van der Waals surface area (Å²) < 4.78 is 5.43. The molecule has 1 aromatic carbocycles. The van der Waals surface area contributed by atoms with Gasteiger partial charge in [0.05, 0.1) is 5.69 Å². The molecule has 1 aliphatic heterocycles. The van der Waals surface area contributed by atoms with E-state index in [4.69, 9.17) is 4.74 Å². The molecule has 0 aliphatic carbocycles. The lowest BCUT2D eigenvalue weighted by molar-refractivity contribution is -0.118. The van der Waals surface area contributed by atoms with Crippen molar-refractivity contribution in [2.45, 2.75) is 46.1 Å². The lowest BCUT2D eigenvalue weighted by Gasteiger charge is -2.28. The quantitative estimate of drug-likeness (QED) is 0.808. The van der Waals surface area contributed by atoms with Gasteiger partial charge in [-0.3, -0.25) is 4.79 Å². The Balaban J connectivity index is 2.26. The van der Waals surface area contributed by atoms with Crippen LogP contribution in [0.4, 0.5) is 5.69 Å². The van der Waals surface area contributed by atoms with Gasteiger partial charge in [-0.05, 0) is 36.6 Å². The van der Waals surface area contributed by atoms with Gasteiger partial charge < -0.3 is 15.4 Å². The molecule has 1 heterocycles. The number of fused-ring (bicyclic) bond motifs is 1. The van der Waals surface area contributed by atoms with E-state index in [0.717, 1.165) is 37.2 Å². The summed E-state index contributed by atoms with van der Waals surface area (Å²) in [5.74, 6) is 1.27. The van der Waals surface area contributed by atoms with Crippen LogP contribution in [0.1, 0.15) is 51.6 Å². The number of hydrogen-bond donors (Lipinski definition) is 2. The van der Waals surface area contributed by atoms with E-state index in [9.17, 15) is 4.79 Å². The van der Waals surface area contributed by atoms with Gasteiger partial charge >= 0.3 is 0 Å². The lowest BCUT2D eigenvalue weighted by Crippen LogP contribution is -2.29. The van der Waals surface area contributed by atoms with Gasteiger partial charge in [-0.15, -0.1) is 0 Å². The average molecular weight is 290 g/mol. The van der Waals surface area contributed by atoms with Crippen molar-refractivity contribution in [2.24, 2.45) is 5.92 Å². The van der Waals surface area contributed by atoms with Crippen LogP contribution < -0.4 is 15.4 Å². The van der Waals surface area contributed by atoms with Crippen molar-refractivity contribution in [2.75, 3.05) is 18.5 Å². The first-order chi connectivity index (χ1) is 10.2. The maximum Gasteiger partial charge on any atom is 0.262 e. The molecule has 2 rings (SSSR count). The first-order valence-corrected chi connectivity index (χ1v) is 7.99. The Morgan fingerprint density at radius 1 is 1.29 bits per heavy atom. The summed E-state index contributed by atoms with van der Waals surface area (Å²) in [7, 11) is 0. The largest absolute Gasteiger partial charge is 0.482 e. The highest BCUT2D eigenvalue weighted by Crippen LogP contribution is 2.34. The standard InChI is InChI=1S/C17H26N2O2/c1-4-9-18-17(12(5-2)6-3)13-7-8-15-14(10-13)19-16(20)11-21-15/h7-8,10,12,17-18H,4-6,9,11H2,1-3H3,(H,19,20). The highest BCUT2D eigenvalue weighted by molar-refractivity contribution is 5.95. The van der Waals surface area contributed by atoms with Crippen molar-refractivity contribution < 1.29 is 9.53 Å². The third-order valence-corrected chi connectivity index (χ3v) is 4.13. The van der Waals surface area contributed by atoms with Gasteiger partial charge in [0.2, 0.25) is 0 Å². The fourth-order valence-corrected chi connectivity index (χ4v) is 2.91. The Labute approximate surface area is 127 Å². The summed E-state index contributed by atoms with van der Waals surface area (Å²) in [6, 6.07) is 6.46. The SMILES string of the molecule is CCCNC(c1ccc2c(c1)NC(=O)CO2)C(CC)CC. The number of anilines is 1. The topological polar surface area (TPSA) is 50.4 Å². The van der Waals surface area contributed by atoms with Crippen molar-refractivity contribution >= 4 is 11.6 Å². The summed E-state index contributed by atoms with van der Waals surface area (Å²) in [6.07, 6.45) is 3.39. The number of ether oxygens (including phenoxy) is 1. The Bertz CT molecular complexity index is 484. The number of carbonyl (C=O) groups excluding carboxylic acids is 1. The molecule has 1 unspecified atom stereocenters. The van der Waals surface area contributed by atoms with E-state index in [1.807, 2.05) is 6.07 Å². The molecule has 4 nitrogen and oxygen atoms in total. The van der Waals surface area contributed by atoms with Crippen LogP contribution in [0, 0.1) is 5.92 Å². The zero-order valence-electron chi connectivity index (χ0n) is 13.2. The third kappa shape index (κ3) is 3.76. The Hall–Kier alpha value is -1.55. The molecule has 21 heavy (non-hydrogen) atoms. The van der Waals surface area contributed by atoms with Gasteiger partial charge in [0.1, 0.15) is 5.75 Å². The second-order valence-corrected chi connectivity index (χ2v) is 5.60. The van der Waals surface area contributed by atoms with Crippen LogP contribution in [0.5, 0.6) is 5.75 Å². The molecule has 0 bridgehead atoms. The van der Waals surface area contributed by atoms with Crippen LogP contribution in [0.25, 0.3) is 0 Å². The summed E-state index contributed by atoms with van der Waals surface area (Å²) >= 11 is 0. The van der Waals surface area contributed by atoms with Crippen molar-refractivity contribution in [3.8, 4) is 5.75 Å². The highest BCUT2D eigenvalue weighted by Gasteiger charge is 2.23. The van der Waals surface area contributed by atoms with Crippen LogP contribution in [0.15, 0.2) is 18.2 Å². The van der Waals surface area contributed by atoms with E-state index in [0.29, 0.717) is 12.0 Å². The fraction of sp³-hybridized carbons (Fsp3) is 0.588. The highest BCUT2D eigenvalue weighted by atomic mass is 16.5. The fourth-order valence-electron chi connectivity index (χ4n) is 2.91. The van der Waals surface area contributed by atoms with Crippen molar-refractivity contribution in [1.29, 1.82) is 0 Å². The van der Waals surface area contributed by atoms with Gasteiger partial charge in [0.15, 0.2) is 6.61 Å². The second kappa shape index (κ2) is 7.46. The number of hydrogen-bond acceptors (Lipinski definition) is 3. The first kappa shape index (κ1) is 15.8. The Morgan fingerprint density at radius 3 is 2.71 bits per heavy atom. The van der Waals surface area contributed by atoms with E-state index in [1.165, 1.54) is 5.56 Å². The van der Waals surface area contributed by atoms with Crippen molar-refractivity contribution in [1.82, 2.24) is 5.32 Å². The zero-order valence-corrected chi connectivity index (χ0v) is 13.2. The van der Waals surface area contributed by atoms with E-state index in [-0.39, 0.29) is 12.5 Å². The Kier molecular flexibility index (Phi) is 5.62. The molecular weight excluding hydrogens is 264 g/mol. The maximum atomic E-state index is 11.5. The molecule has 1 amide bonds. The van der Waals surface area contributed by atoms with Gasteiger partial charge in [-0.1, -0.05) is 39.7 Å². The molecule has 0 fully saturated rings. The molecular formula is C17H26N2O2. The van der Waals surface area contributed by atoms with Gasteiger partial charge in [-0.2, -0.15) is 0 Å². The third-order valence-electron chi connectivity index (χ3n) is 4.13. The molecule has 4 heteroatoms. The molecule has 0 saturated carbocycles. The summed E-state index contributed by atoms with van der Waals surface area (Å²) in [6.45, 7) is 7.76. The van der Waals surface area contributed by atoms with E-state index in [1.54, 1.807) is 0 Å². The molecule has 116 valence electrons. The molecule has 0 saturated heterocycles. The zero-order chi connectivity index (χ0) is 15.2. The van der Waals surface area contributed by atoms with Gasteiger partial charge in [-0.25, -0.2) is 0 Å². The monoisotopic (exact) mass is 290 g/mol. The molecule has 1 atom stereocenters. The number of nitrogens with one attached hydrogen (secondary N) is 2. The van der Waals surface area contributed by atoms with Gasteiger partial charge in [0, 0.05) is 6.04 Å². The normalized spacial score (nSPS) is 15.3. The van der Waals surface area contributed by atoms with Crippen LogP contribution in [0.2, 0.25) is 0 Å². The Morgan fingerprint density at radius 2 is 2.05 bits per heavy atom. The van der Waals surface area contributed by atoms with Gasteiger partial charge in [0.25, 0.3) is 5.91 Å². The molecule has 0 radical (unpaired) electrons. The lowest BCUT2D eigenvalue weighted by atomic mass is 9.88. The van der Waals surface area contributed by atoms with E-state index >= 15 is 0 Å². The van der Waals surface area contributed by atoms with Crippen LogP contribution in [0.3, 0.4) is 0 Å². The molecule has 1 aromatic rings. The van der Waals surface area contributed by atoms with Crippen LogP contribution in [-0.2, 0) is 4.79 Å². The average Bonchev–Trinajstić information content (AvgIpc) is 2.50. The van der Waals surface area contributed by atoms with Crippen LogP contribution >= 0.6 is 0 Å². The maximum absolute atomic E-state index is 11.5. The summed E-state index contributed by atoms with van der Waals surface area (Å²) in [5, 5.41) is 6.55. The van der Waals surface area contributed by atoms with E-state index in [2.05, 4.69) is 43.5 Å². The predicted octanol–water partition coefficient (Wildman–Crippen LogP) is 3.49. The number of carbonyl (C=O) groups is 1. The molecule has 0 aromatic heterocycles. The number of benzene rings is 1. The summed E-state index contributed by atoms with van der Waals surface area (Å²) in [5.41, 5.74) is 2.01. The van der Waals surface area contributed by atoms with Crippen molar-refractivity contribution in [3.63, 3.8) is 0 Å². The minimum atomic E-state index is -0.0831. The minimum Gasteiger partial charge on any atom is -0.482 e. The first-order valence-electron chi connectivity index (χ1n) is 7.99. The number of rotatable bonds is 7. The van der Waals surface area contributed by atoms with Crippen molar-refractivity contribution in [3.05, 3.63) is 23.8 Å². The second-order valence-electron chi connectivity index (χ2n) is 5.60. The smallest absolute Gasteiger partial charge is 0.262 e. The predicted molar refractivity (Wildman–Crippen MR) is 85.7 cm³/mol. The number of amides is 1. The molecule has 0 spiro atoms.